The van der Waals surface area contributed by atoms with Gasteiger partial charge in [0.05, 0.1) is 0 Å². The Morgan fingerprint density at radius 1 is 1.11 bits per heavy atom. The normalized spacial score (nSPS) is 12.2. The average Bonchev–Trinajstić information content (AvgIpc) is 2.41. The molecule has 0 aromatic heterocycles. The van der Waals surface area contributed by atoms with Crippen molar-refractivity contribution < 1.29 is 13.5 Å². The fraction of sp³-hybridized carbons (Fsp3) is 0.200. The largest absolute Gasteiger partial charge is 0.484 e. The molecule has 0 aliphatic heterocycles. The Hall–Kier alpha value is -1.94. The first-order valence-electron chi connectivity index (χ1n) is 5.98. The zero-order chi connectivity index (χ0) is 13.8. The van der Waals surface area contributed by atoms with E-state index < -0.39 is 0 Å². The minimum atomic E-state index is -0.384. The van der Waals surface area contributed by atoms with E-state index in [1.807, 2.05) is 0 Å². The quantitative estimate of drug-likeness (QED) is 0.918. The molecule has 0 aliphatic carbocycles. The van der Waals surface area contributed by atoms with Crippen LogP contribution in [0.3, 0.4) is 0 Å². The standard InChI is InChI=1S/C15H15F2NO/c1-10-8-13(6-7-14(10)17)19-15(9-18)11-2-4-12(16)5-3-11/h2-8,15H,9,18H2,1H3. The highest BCUT2D eigenvalue weighted by atomic mass is 19.1. The Labute approximate surface area is 110 Å². The third-order valence-electron chi connectivity index (χ3n) is 2.86. The van der Waals surface area contributed by atoms with Gasteiger partial charge in [-0.1, -0.05) is 12.1 Å². The molecule has 1 atom stereocenters. The second-order valence-electron chi connectivity index (χ2n) is 4.30. The van der Waals surface area contributed by atoms with Crippen molar-refractivity contribution in [3.63, 3.8) is 0 Å². The molecule has 2 rings (SSSR count). The topological polar surface area (TPSA) is 35.2 Å². The molecule has 0 fully saturated rings. The highest BCUT2D eigenvalue weighted by Crippen LogP contribution is 2.23. The van der Waals surface area contributed by atoms with Gasteiger partial charge >= 0.3 is 0 Å². The van der Waals surface area contributed by atoms with Gasteiger partial charge in [0, 0.05) is 6.54 Å². The maximum atomic E-state index is 13.2. The summed E-state index contributed by atoms with van der Waals surface area (Å²) in [4.78, 5) is 0. The molecule has 0 amide bonds. The summed E-state index contributed by atoms with van der Waals surface area (Å²) in [6.07, 6.45) is -0.384. The van der Waals surface area contributed by atoms with E-state index in [4.69, 9.17) is 10.5 Å². The fourth-order valence-electron chi connectivity index (χ4n) is 1.78. The molecule has 0 heterocycles. The maximum absolute atomic E-state index is 13.2. The van der Waals surface area contributed by atoms with Gasteiger partial charge in [-0.15, -0.1) is 0 Å². The second-order valence-corrected chi connectivity index (χ2v) is 4.30. The lowest BCUT2D eigenvalue weighted by Crippen LogP contribution is -2.18. The number of hydrogen-bond acceptors (Lipinski definition) is 2. The van der Waals surface area contributed by atoms with E-state index in [2.05, 4.69) is 0 Å². The number of aryl methyl sites for hydroxylation is 1. The van der Waals surface area contributed by atoms with Crippen molar-refractivity contribution in [2.75, 3.05) is 6.54 Å². The van der Waals surface area contributed by atoms with Gasteiger partial charge in [-0.3, -0.25) is 0 Å². The van der Waals surface area contributed by atoms with Crippen LogP contribution in [0.25, 0.3) is 0 Å². The molecule has 4 heteroatoms. The van der Waals surface area contributed by atoms with Crippen molar-refractivity contribution in [2.45, 2.75) is 13.0 Å². The maximum Gasteiger partial charge on any atom is 0.136 e. The number of hydrogen-bond donors (Lipinski definition) is 1. The zero-order valence-electron chi connectivity index (χ0n) is 10.6. The van der Waals surface area contributed by atoms with Crippen LogP contribution in [-0.4, -0.2) is 6.54 Å². The van der Waals surface area contributed by atoms with Gasteiger partial charge in [-0.05, 0) is 48.4 Å². The van der Waals surface area contributed by atoms with Crippen molar-refractivity contribution in [3.8, 4) is 5.75 Å². The third-order valence-corrected chi connectivity index (χ3v) is 2.86. The summed E-state index contributed by atoms with van der Waals surface area (Å²) in [7, 11) is 0. The van der Waals surface area contributed by atoms with E-state index in [1.54, 1.807) is 31.2 Å². The molecule has 2 nitrogen and oxygen atoms in total. The molecule has 19 heavy (non-hydrogen) atoms. The Morgan fingerprint density at radius 2 is 1.79 bits per heavy atom. The van der Waals surface area contributed by atoms with Crippen molar-refractivity contribution in [1.82, 2.24) is 0 Å². The minimum Gasteiger partial charge on any atom is -0.484 e. The summed E-state index contributed by atoms with van der Waals surface area (Å²) in [5.41, 5.74) is 6.96. The van der Waals surface area contributed by atoms with Crippen LogP contribution < -0.4 is 10.5 Å². The van der Waals surface area contributed by atoms with Crippen LogP contribution in [0, 0.1) is 18.6 Å². The number of benzene rings is 2. The highest BCUT2D eigenvalue weighted by molar-refractivity contribution is 5.30. The molecule has 2 aromatic carbocycles. The molecule has 1 unspecified atom stereocenters. The summed E-state index contributed by atoms with van der Waals surface area (Å²) in [5, 5.41) is 0. The van der Waals surface area contributed by atoms with Crippen LogP contribution in [0.15, 0.2) is 42.5 Å². The molecule has 0 bridgehead atoms. The summed E-state index contributed by atoms with van der Waals surface area (Å²) in [6.45, 7) is 1.92. The molecule has 0 aliphatic rings. The summed E-state index contributed by atoms with van der Waals surface area (Å²) in [5.74, 6) is -0.0470. The van der Waals surface area contributed by atoms with Crippen LogP contribution >= 0.6 is 0 Å². The lowest BCUT2D eigenvalue weighted by atomic mass is 10.1. The van der Waals surface area contributed by atoms with E-state index in [0.717, 1.165) is 5.56 Å². The first-order chi connectivity index (χ1) is 9.10. The molecule has 100 valence electrons. The van der Waals surface area contributed by atoms with Crippen LogP contribution in [-0.2, 0) is 0 Å². The van der Waals surface area contributed by atoms with Crippen LogP contribution in [0.2, 0.25) is 0 Å². The lowest BCUT2D eigenvalue weighted by molar-refractivity contribution is 0.213. The van der Waals surface area contributed by atoms with Gasteiger partial charge in [-0.2, -0.15) is 0 Å². The van der Waals surface area contributed by atoms with Gasteiger partial charge in [0.15, 0.2) is 0 Å². The zero-order valence-corrected chi connectivity index (χ0v) is 10.6. The van der Waals surface area contributed by atoms with Crippen LogP contribution in [0.5, 0.6) is 5.75 Å². The highest BCUT2D eigenvalue weighted by Gasteiger charge is 2.12. The number of rotatable bonds is 4. The van der Waals surface area contributed by atoms with Gasteiger partial charge in [0.2, 0.25) is 0 Å². The molecule has 0 saturated heterocycles. The molecular formula is C15H15F2NO. The van der Waals surface area contributed by atoms with Crippen molar-refractivity contribution >= 4 is 0 Å². The lowest BCUT2D eigenvalue weighted by Gasteiger charge is -2.18. The first-order valence-corrected chi connectivity index (χ1v) is 5.98. The predicted octanol–water partition coefficient (Wildman–Crippen LogP) is 3.35. The summed E-state index contributed by atoms with van der Waals surface area (Å²) < 4.78 is 31.7. The van der Waals surface area contributed by atoms with E-state index in [9.17, 15) is 8.78 Å². The minimum absolute atomic E-state index is 0.252. The van der Waals surface area contributed by atoms with Crippen LogP contribution in [0.4, 0.5) is 8.78 Å². The molecule has 0 radical (unpaired) electrons. The summed E-state index contributed by atoms with van der Waals surface area (Å²) in [6, 6.07) is 10.5. The molecular weight excluding hydrogens is 248 g/mol. The molecule has 2 N–H and O–H groups in total. The molecule has 0 saturated carbocycles. The second kappa shape index (κ2) is 5.80. The number of ether oxygens (including phenoxy) is 1. The number of nitrogens with two attached hydrogens (primary N) is 1. The third kappa shape index (κ3) is 3.29. The van der Waals surface area contributed by atoms with Gasteiger partial charge < -0.3 is 10.5 Å². The van der Waals surface area contributed by atoms with Crippen molar-refractivity contribution in [2.24, 2.45) is 5.73 Å². The Bertz CT molecular complexity index is 555. The van der Waals surface area contributed by atoms with Crippen molar-refractivity contribution in [1.29, 1.82) is 0 Å². The van der Waals surface area contributed by atoms with Crippen molar-refractivity contribution in [3.05, 3.63) is 65.2 Å². The van der Waals surface area contributed by atoms with E-state index >= 15 is 0 Å². The fourth-order valence-corrected chi connectivity index (χ4v) is 1.78. The van der Waals surface area contributed by atoms with E-state index in [1.165, 1.54) is 18.2 Å². The smallest absolute Gasteiger partial charge is 0.136 e. The Balaban J connectivity index is 2.18. The van der Waals surface area contributed by atoms with E-state index in [-0.39, 0.29) is 24.3 Å². The first kappa shape index (κ1) is 13.5. The Morgan fingerprint density at radius 3 is 2.37 bits per heavy atom. The number of halogens is 2. The van der Waals surface area contributed by atoms with Crippen LogP contribution in [0.1, 0.15) is 17.2 Å². The molecule has 2 aromatic rings. The van der Waals surface area contributed by atoms with E-state index in [0.29, 0.717) is 11.3 Å². The Kier molecular flexibility index (Phi) is 4.12. The molecule has 0 spiro atoms. The van der Waals surface area contributed by atoms with Gasteiger partial charge in [0.1, 0.15) is 23.5 Å². The predicted molar refractivity (Wildman–Crippen MR) is 70.0 cm³/mol. The average molecular weight is 263 g/mol. The SMILES string of the molecule is Cc1cc(OC(CN)c2ccc(F)cc2)ccc1F. The van der Waals surface area contributed by atoms with Gasteiger partial charge in [-0.25, -0.2) is 8.78 Å². The van der Waals surface area contributed by atoms with Gasteiger partial charge in [0.25, 0.3) is 0 Å². The summed E-state index contributed by atoms with van der Waals surface area (Å²) >= 11 is 0. The monoisotopic (exact) mass is 263 g/mol.